The summed E-state index contributed by atoms with van der Waals surface area (Å²) in [6, 6.07) is 16.4. The second kappa shape index (κ2) is 8.71. The van der Waals surface area contributed by atoms with Gasteiger partial charge >= 0.3 is 0 Å². The van der Waals surface area contributed by atoms with Crippen LogP contribution < -0.4 is 10.1 Å². The normalized spacial score (nSPS) is 11.2. The molecule has 2 heterocycles. The number of anilines is 1. The zero-order valence-corrected chi connectivity index (χ0v) is 17.4. The fourth-order valence-corrected chi connectivity index (χ4v) is 3.79. The van der Waals surface area contributed by atoms with Crippen molar-refractivity contribution in [1.29, 1.82) is 5.26 Å². The third-order valence-electron chi connectivity index (χ3n) is 4.44. The summed E-state index contributed by atoms with van der Waals surface area (Å²) >= 11 is 1.26. The number of carbonyl (C=O) groups is 1. The number of nitriles is 1. The van der Waals surface area contributed by atoms with Gasteiger partial charge in [0.2, 0.25) is 0 Å². The van der Waals surface area contributed by atoms with E-state index in [9.17, 15) is 20.2 Å². The molecule has 0 aliphatic carbocycles. The summed E-state index contributed by atoms with van der Waals surface area (Å²) in [5, 5.41) is 23.4. The van der Waals surface area contributed by atoms with Crippen LogP contribution >= 0.6 is 11.3 Å². The first kappa shape index (κ1) is 20.8. The number of ether oxygens (including phenoxy) is 1. The lowest BCUT2D eigenvalue weighted by Crippen LogP contribution is -2.13. The number of benzene rings is 2. The minimum atomic E-state index is -0.633. The molecule has 0 bridgehead atoms. The van der Waals surface area contributed by atoms with Crippen molar-refractivity contribution in [3.63, 3.8) is 0 Å². The molecule has 0 saturated carbocycles. The number of hydrogen-bond donors (Lipinski definition) is 1. The van der Waals surface area contributed by atoms with E-state index in [-0.39, 0.29) is 17.0 Å². The van der Waals surface area contributed by atoms with Crippen molar-refractivity contribution in [2.45, 2.75) is 0 Å². The topological polar surface area (TPSA) is 131 Å². The van der Waals surface area contributed by atoms with Crippen LogP contribution in [0.3, 0.4) is 0 Å². The molecular weight excluding hydrogens is 432 g/mol. The highest BCUT2D eigenvalue weighted by atomic mass is 32.1. The largest absolute Gasteiger partial charge is 0.497 e. The number of furan rings is 1. The van der Waals surface area contributed by atoms with E-state index in [0.717, 1.165) is 4.70 Å². The van der Waals surface area contributed by atoms with Gasteiger partial charge in [-0.3, -0.25) is 20.2 Å². The number of non-ortho nitro benzene ring substituents is 1. The fraction of sp³-hybridized carbons (Fsp3) is 0.0455. The average Bonchev–Trinajstić information content (AvgIpc) is 3.43. The maximum absolute atomic E-state index is 12.6. The van der Waals surface area contributed by atoms with Crippen molar-refractivity contribution in [3.05, 3.63) is 76.0 Å². The Balaban J connectivity index is 1.54. The maximum Gasteiger partial charge on any atom is 0.270 e. The summed E-state index contributed by atoms with van der Waals surface area (Å²) < 4.78 is 11.7. The van der Waals surface area contributed by atoms with Crippen molar-refractivity contribution in [2.24, 2.45) is 0 Å². The number of thiazole rings is 1. The van der Waals surface area contributed by atoms with Crippen LogP contribution in [0.1, 0.15) is 5.76 Å². The number of nitrogens with one attached hydrogen (secondary N) is 1. The van der Waals surface area contributed by atoms with Crippen LogP contribution in [-0.4, -0.2) is 22.9 Å². The predicted molar refractivity (Wildman–Crippen MR) is 119 cm³/mol. The molecule has 9 nitrogen and oxygen atoms in total. The monoisotopic (exact) mass is 446 g/mol. The van der Waals surface area contributed by atoms with Gasteiger partial charge in [0, 0.05) is 23.8 Å². The molecule has 1 amide bonds. The molecule has 0 saturated heterocycles. The number of hydrogen-bond acceptors (Lipinski definition) is 8. The smallest absolute Gasteiger partial charge is 0.270 e. The van der Waals surface area contributed by atoms with Gasteiger partial charge in [0.1, 0.15) is 28.9 Å². The number of amides is 1. The lowest BCUT2D eigenvalue weighted by molar-refractivity contribution is -0.384. The number of nitro benzene ring substituents is 1. The molecule has 0 radical (unpaired) electrons. The van der Waals surface area contributed by atoms with Crippen LogP contribution in [0.5, 0.6) is 5.75 Å². The van der Waals surface area contributed by atoms with Gasteiger partial charge in [0.15, 0.2) is 5.13 Å². The van der Waals surface area contributed by atoms with Crippen molar-refractivity contribution >= 4 is 44.4 Å². The van der Waals surface area contributed by atoms with Crippen molar-refractivity contribution < 1.29 is 18.9 Å². The molecular formula is C22H14N4O5S. The summed E-state index contributed by atoms with van der Waals surface area (Å²) in [4.78, 5) is 27.4. The lowest BCUT2D eigenvalue weighted by atomic mass is 10.1. The third-order valence-corrected chi connectivity index (χ3v) is 5.37. The van der Waals surface area contributed by atoms with E-state index >= 15 is 0 Å². The van der Waals surface area contributed by atoms with E-state index < -0.39 is 10.8 Å². The van der Waals surface area contributed by atoms with Gasteiger partial charge in [-0.15, -0.1) is 0 Å². The third kappa shape index (κ3) is 4.33. The highest BCUT2D eigenvalue weighted by Gasteiger charge is 2.15. The van der Waals surface area contributed by atoms with Crippen molar-refractivity contribution in [2.75, 3.05) is 12.4 Å². The first-order valence-electron chi connectivity index (χ1n) is 9.19. The van der Waals surface area contributed by atoms with Gasteiger partial charge in [0.25, 0.3) is 11.6 Å². The van der Waals surface area contributed by atoms with E-state index in [1.54, 1.807) is 43.5 Å². The standard InChI is InChI=1S/C22H14N4O5S/c1-30-16-5-7-18-20(11-16)32-22(24-18)25-21(27)14(12-23)10-17-6-8-19(31-17)13-3-2-4-15(9-13)26(28)29/h2-11H,1H3,(H,24,25,27)/b14-10+. The molecule has 2 aromatic carbocycles. The van der Waals surface area contributed by atoms with Gasteiger partial charge in [0.05, 0.1) is 22.2 Å². The highest BCUT2D eigenvalue weighted by molar-refractivity contribution is 7.22. The highest BCUT2D eigenvalue weighted by Crippen LogP contribution is 2.30. The van der Waals surface area contributed by atoms with Gasteiger partial charge < -0.3 is 9.15 Å². The molecule has 1 N–H and O–H groups in total. The maximum atomic E-state index is 12.6. The number of aromatic nitrogens is 1. The molecule has 158 valence electrons. The molecule has 0 spiro atoms. The molecule has 0 aliphatic rings. The van der Waals surface area contributed by atoms with E-state index in [0.29, 0.717) is 27.7 Å². The SMILES string of the molecule is COc1ccc2nc(NC(=O)/C(C#N)=C/c3ccc(-c4cccc([N+](=O)[O-])c4)o3)sc2c1. The van der Waals surface area contributed by atoms with Crippen LogP contribution in [0.4, 0.5) is 10.8 Å². The number of methoxy groups -OCH3 is 1. The van der Waals surface area contributed by atoms with E-state index in [1.807, 2.05) is 12.1 Å². The van der Waals surface area contributed by atoms with Gasteiger partial charge in [-0.2, -0.15) is 5.26 Å². The Morgan fingerprint density at radius 2 is 2.12 bits per heavy atom. The molecule has 10 heteroatoms. The molecule has 0 atom stereocenters. The second-order valence-corrected chi connectivity index (χ2v) is 7.52. The van der Waals surface area contributed by atoms with E-state index in [2.05, 4.69) is 10.3 Å². The molecule has 4 rings (SSSR count). The van der Waals surface area contributed by atoms with Crippen LogP contribution in [0.15, 0.2) is 64.6 Å². The molecule has 0 unspecified atom stereocenters. The summed E-state index contributed by atoms with van der Waals surface area (Å²) in [6.07, 6.45) is 1.30. The quantitative estimate of drug-likeness (QED) is 0.190. The Hall–Kier alpha value is -4.49. The number of fused-ring (bicyclic) bond motifs is 1. The molecule has 32 heavy (non-hydrogen) atoms. The number of nitro groups is 1. The van der Waals surface area contributed by atoms with Crippen molar-refractivity contribution in [3.8, 4) is 23.1 Å². The average molecular weight is 446 g/mol. The van der Waals surface area contributed by atoms with Crippen LogP contribution in [0.2, 0.25) is 0 Å². The zero-order chi connectivity index (χ0) is 22.7. The molecule has 0 aliphatic heterocycles. The van der Waals surface area contributed by atoms with Crippen LogP contribution in [-0.2, 0) is 4.79 Å². The van der Waals surface area contributed by atoms with Crippen LogP contribution in [0, 0.1) is 21.4 Å². The van der Waals surface area contributed by atoms with Gasteiger partial charge in [-0.1, -0.05) is 23.5 Å². The number of rotatable bonds is 6. The lowest BCUT2D eigenvalue weighted by Gasteiger charge is -1.99. The first-order valence-corrected chi connectivity index (χ1v) is 10.0. The Bertz CT molecular complexity index is 1410. The first-order chi connectivity index (χ1) is 15.5. The van der Waals surface area contributed by atoms with Gasteiger partial charge in [-0.25, -0.2) is 4.98 Å². The fourth-order valence-electron chi connectivity index (χ4n) is 2.90. The Morgan fingerprint density at radius 3 is 2.88 bits per heavy atom. The summed E-state index contributed by atoms with van der Waals surface area (Å²) in [6.45, 7) is 0. The Kier molecular flexibility index (Phi) is 5.65. The molecule has 0 fully saturated rings. The zero-order valence-electron chi connectivity index (χ0n) is 16.6. The molecule has 4 aromatic rings. The minimum absolute atomic E-state index is 0.0680. The summed E-state index contributed by atoms with van der Waals surface area (Å²) in [5.41, 5.74) is 0.955. The molecule has 2 aromatic heterocycles. The second-order valence-electron chi connectivity index (χ2n) is 6.49. The predicted octanol–water partition coefficient (Wildman–Crippen LogP) is 5.02. The Morgan fingerprint density at radius 1 is 1.28 bits per heavy atom. The number of carbonyl (C=O) groups excluding carboxylic acids is 1. The Labute approximate surface area is 185 Å². The van der Waals surface area contributed by atoms with E-state index in [4.69, 9.17) is 9.15 Å². The number of nitrogens with zero attached hydrogens (tertiary/aromatic N) is 3. The van der Waals surface area contributed by atoms with E-state index in [1.165, 1.54) is 29.5 Å². The summed E-state index contributed by atoms with van der Waals surface area (Å²) in [5.74, 6) is 0.672. The minimum Gasteiger partial charge on any atom is -0.497 e. The summed E-state index contributed by atoms with van der Waals surface area (Å²) in [7, 11) is 1.56. The van der Waals surface area contributed by atoms with Crippen LogP contribution in [0.25, 0.3) is 27.6 Å². The van der Waals surface area contributed by atoms with Crippen molar-refractivity contribution in [1.82, 2.24) is 4.98 Å². The van der Waals surface area contributed by atoms with Gasteiger partial charge in [-0.05, 0) is 30.3 Å².